The van der Waals surface area contributed by atoms with Crippen molar-refractivity contribution in [2.45, 2.75) is 25.4 Å². The Balaban J connectivity index is 1.54. The molecule has 1 atom stereocenters. The number of hydrogen-bond acceptors (Lipinski definition) is 5. The largest absolute Gasteiger partial charge is 0.406 e. The molecule has 0 bridgehead atoms. The van der Waals surface area contributed by atoms with Crippen molar-refractivity contribution in [1.29, 1.82) is 0 Å². The normalized spacial score (nSPS) is 18.8. The predicted octanol–water partition coefficient (Wildman–Crippen LogP) is 5.99. The Bertz CT molecular complexity index is 1430. The van der Waals surface area contributed by atoms with Gasteiger partial charge in [0, 0.05) is 37.1 Å². The molecule has 0 fully saturated rings. The first-order chi connectivity index (χ1) is 16.8. The molecule has 3 aromatic heterocycles. The van der Waals surface area contributed by atoms with Crippen molar-refractivity contribution in [2.75, 3.05) is 23.9 Å². The Morgan fingerprint density at radius 2 is 1.67 bits per heavy atom. The first-order valence-electron chi connectivity index (χ1n) is 11.1. The van der Waals surface area contributed by atoms with E-state index >= 15 is 0 Å². The molecule has 10 heteroatoms. The van der Waals surface area contributed by atoms with Crippen LogP contribution in [0, 0.1) is 17.3 Å². The van der Waals surface area contributed by atoms with E-state index in [1.54, 1.807) is 24.3 Å². The highest BCUT2D eigenvalue weighted by atomic mass is 19.4. The summed E-state index contributed by atoms with van der Waals surface area (Å²) < 4.78 is 68.3. The lowest BCUT2D eigenvalue weighted by atomic mass is 9.84. The van der Waals surface area contributed by atoms with Crippen LogP contribution >= 0.6 is 0 Å². The van der Waals surface area contributed by atoms with E-state index in [0.717, 1.165) is 17.8 Å². The highest BCUT2D eigenvalue weighted by Crippen LogP contribution is 2.62. The van der Waals surface area contributed by atoms with E-state index in [0.29, 0.717) is 17.2 Å². The minimum absolute atomic E-state index is 0.0465. The number of pyridine rings is 3. The summed E-state index contributed by atoms with van der Waals surface area (Å²) in [6.45, 7) is 3.75. The maximum absolute atomic E-state index is 14.5. The van der Waals surface area contributed by atoms with Crippen LogP contribution in [0.2, 0.25) is 0 Å². The minimum Gasteiger partial charge on any atom is -0.378 e. The standard InChI is InChI=1S/C26H22F5N5/c1-24(2,18-6-5-7-22(33-18)36-11-10-25(14-20(25)36)26(29,30)31)19-13-15(35(3)4)12-17(32-19)16-8-9-21(27)34-23(16)28/h5-14H,1-4H3. The zero-order chi connectivity index (χ0) is 26.0. The van der Waals surface area contributed by atoms with Crippen molar-refractivity contribution in [3.8, 4) is 11.3 Å². The van der Waals surface area contributed by atoms with Crippen LogP contribution in [0.5, 0.6) is 0 Å². The molecule has 36 heavy (non-hydrogen) atoms. The van der Waals surface area contributed by atoms with Gasteiger partial charge in [0.25, 0.3) is 0 Å². The van der Waals surface area contributed by atoms with Gasteiger partial charge in [-0.15, -0.1) is 0 Å². The Labute approximate surface area is 204 Å². The summed E-state index contributed by atoms with van der Waals surface area (Å²) in [5, 5.41) is 0. The molecule has 0 radical (unpaired) electrons. The van der Waals surface area contributed by atoms with E-state index in [4.69, 9.17) is 0 Å². The summed E-state index contributed by atoms with van der Waals surface area (Å²) in [7, 11) is 3.65. The fraction of sp³-hybridized carbons (Fsp3) is 0.269. The number of rotatable bonds is 5. The minimum atomic E-state index is -4.40. The smallest absolute Gasteiger partial charge is 0.378 e. The first-order valence-corrected chi connectivity index (χ1v) is 11.1. The fourth-order valence-corrected chi connectivity index (χ4v) is 4.25. The second-order valence-corrected chi connectivity index (χ2v) is 9.55. The lowest BCUT2D eigenvalue weighted by molar-refractivity contribution is -0.164. The Morgan fingerprint density at radius 3 is 2.28 bits per heavy atom. The molecule has 5 rings (SSSR count). The van der Waals surface area contributed by atoms with Gasteiger partial charge in [-0.25, -0.2) is 4.98 Å². The van der Waals surface area contributed by atoms with Gasteiger partial charge in [0.15, 0.2) is 0 Å². The van der Waals surface area contributed by atoms with E-state index in [1.165, 1.54) is 23.2 Å². The molecule has 0 saturated carbocycles. The van der Waals surface area contributed by atoms with E-state index in [1.807, 2.05) is 38.9 Å². The molecule has 3 aromatic rings. The van der Waals surface area contributed by atoms with Crippen molar-refractivity contribution in [3.05, 3.63) is 89.8 Å². The third kappa shape index (κ3) is 3.71. The Morgan fingerprint density at radius 1 is 0.917 bits per heavy atom. The summed E-state index contributed by atoms with van der Waals surface area (Å²) in [5.41, 5.74) is -0.547. The average molecular weight is 499 g/mol. The van der Waals surface area contributed by atoms with Crippen LogP contribution in [-0.4, -0.2) is 35.2 Å². The molecule has 0 N–H and O–H groups in total. The number of nitrogens with zero attached hydrogens (tertiary/aromatic N) is 5. The Hall–Kier alpha value is -3.82. The van der Waals surface area contributed by atoms with Crippen molar-refractivity contribution >= 4 is 11.5 Å². The topological polar surface area (TPSA) is 45.2 Å². The SMILES string of the molecule is CN(C)c1cc(-c2ccc(F)nc2F)nc(C(C)(C)c2cccc(N3C=CC4(C(F)(F)F)C=C34)n2)c1. The van der Waals surface area contributed by atoms with Crippen molar-refractivity contribution < 1.29 is 22.0 Å². The summed E-state index contributed by atoms with van der Waals surface area (Å²) in [6.07, 6.45) is -0.717. The summed E-state index contributed by atoms with van der Waals surface area (Å²) in [5.74, 6) is -1.56. The van der Waals surface area contributed by atoms with Crippen molar-refractivity contribution in [1.82, 2.24) is 15.0 Å². The van der Waals surface area contributed by atoms with Gasteiger partial charge >= 0.3 is 6.18 Å². The van der Waals surface area contributed by atoms with Gasteiger partial charge in [-0.2, -0.15) is 26.9 Å². The molecule has 5 nitrogen and oxygen atoms in total. The second-order valence-electron chi connectivity index (χ2n) is 9.55. The number of aromatic nitrogens is 3. The van der Waals surface area contributed by atoms with Gasteiger partial charge in [0.2, 0.25) is 11.9 Å². The van der Waals surface area contributed by atoms with Crippen LogP contribution in [0.1, 0.15) is 25.2 Å². The molecule has 1 unspecified atom stereocenters. The quantitative estimate of drug-likeness (QED) is 0.319. The van der Waals surface area contributed by atoms with E-state index in [2.05, 4.69) is 15.0 Å². The molecular formula is C26H22F5N5. The van der Waals surface area contributed by atoms with Crippen LogP contribution in [-0.2, 0) is 5.41 Å². The third-order valence-corrected chi connectivity index (χ3v) is 6.60. The molecular weight excluding hydrogens is 477 g/mol. The molecule has 186 valence electrons. The highest BCUT2D eigenvalue weighted by molar-refractivity contribution is 5.68. The van der Waals surface area contributed by atoms with E-state index in [-0.39, 0.29) is 17.0 Å². The third-order valence-electron chi connectivity index (χ3n) is 6.60. The monoisotopic (exact) mass is 499 g/mol. The number of fused-ring (bicyclic) bond motifs is 1. The van der Waals surface area contributed by atoms with Gasteiger partial charge < -0.3 is 9.80 Å². The molecule has 0 aromatic carbocycles. The molecule has 1 aliphatic carbocycles. The zero-order valence-electron chi connectivity index (χ0n) is 19.9. The fourth-order valence-electron chi connectivity index (χ4n) is 4.25. The summed E-state index contributed by atoms with van der Waals surface area (Å²) >= 11 is 0. The van der Waals surface area contributed by atoms with E-state index in [9.17, 15) is 22.0 Å². The molecule has 2 aliphatic rings. The van der Waals surface area contributed by atoms with Crippen LogP contribution in [0.25, 0.3) is 11.3 Å². The van der Waals surface area contributed by atoms with Gasteiger partial charge in [-0.3, -0.25) is 4.98 Å². The molecule has 0 saturated heterocycles. The first kappa shape index (κ1) is 23.9. The Kier molecular flexibility index (Phi) is 5.21. The van der Waals surface area contributed by atoms with E-state index < -0.39 is 28.9 Å². The number of allylic oxidation sites excluding steroid dienone is 2. The van der Waals surface area contributed by atoms with Crippen LogP contribution in [0.3, 0.4) is 0 Å². The molecule has 0 spiro atoms. The van der Waals surface area contributed by atoms with Gasteiger partial charge in [-0.1, -0.05) is 6.07 Å². The lowest BCUT2D eigenvalue weighted by Gasteiger charge is -2.27. The maximum Gasteiger partial charge on any atom is 0.406 e. The maximum atomic E-state index is 14.5. The highest BCUT2D eigenvalue weighted by Gasteiger charge is 2.66. The second kappa shape index (κ2) is 7.84. The summed E-state index contributed by atoms with van der Waals surface area (Å²) in [6, 6.07) is 11.0. The van der Waals surface area contributed by atoms with Gasteiger partial charge in [-0.05, 0) is 62.4 Å². The lowest BCUT2D eigenvalue weighted by Crippen LogP contribution is -2.27. The van der Waals surface area contributed by atoms with Crippen molar-refractivity contribution in [2.24, 2.45) is 5.41 Å². The number of hydrogen-bond donors (Lipinski definition) is 0. The van der Waals surface area contributed by atoms with Crippen LogP contribution in [0.4, 0.5) is 33.5 Å². The molecule has 1 aliphatic heterocycles. The van der Waals surface area contributed by atoms with Gasteiger partial charge in [0.05, 0.1) is 22.6 Å². The van der Waals surface area contributed by atoms with Gasteiger partial charge in [0.1, 0.15) is 11.2 Å². The number of halogens is 5. The summed E-state index contributed by atoms with van der Waals surface area (Å²) in [4.78, 5) is 15.9. The molecule has 0 amide bonds. The van der Waals surface area contributed by atoms with Crippen LogP contribution < -0.4 is 9.80 Å². The zero-order valence-corrected chi connectivity index (χ0v) is 19.9. The number of alkyl halides is 3. The predicted molar refractivity (Wildman–Crippen MR) is 126 cm³/mol. The van der Waals surface area contributed by atoms with Crippen molar-refractivity contribution in [3.63, 3.8) is 0 Å². The number of anilines is 2. The molecule has 4 heterocycles. The average Bonchev–Trinajstić information content (AvgIpc) is 3.44. The van der Waals surface area contributed by atoms with Crippen LogP contribution in [0.15, 0.2) is 66.5 Å².